The molecule has 22 heteroatoms. The van der Waals surface area contributed by atoms with Crippen LogP contribution in [0.25, 0.3) is 10.9 Å². The second-order valence-corrected chi connectivity index (χ2v) is 18.1. The second-order valence-electron chi connectivity index (χ2n) is 18.1. The zero-order valence-corrected chi connectivity index (χ0v) is 40.1. The van der Waals surface area contributed by atoms with Gasteiger partial charge in [-0.15, -0.1) is 0 Å². The Morgan fingerprint density at radius 1 is 0.775 bits per heavy atom. The van der Waals surface area contributed by atoms with Gasteiger partial charge in [0.1, 0.15) is 36.3 Å². The molecule has 0 aliphatic carbocycles. The number of amides is 8. The van der Waals surface area contributed by atoms with Crippen LogP contribution in [-0.4, -0.2) is 135 Å². The number of rotatable bonds is 12. The molecule has 13 N–H and O–H groups in total. The number of guanidine groups is 1. The number of aromatic amines is 2. The summed E-state index contributed by atoms with van der Waals surface area (Å²) in [6, 6.07) is 8.67. The number of H-pyrrole nitrogens is 2. The number of benzene rings is 2. The molecule has 0 unspecified atom stereocenters. The molecule has 380 valence electrons. The lowest BCUT2D eigenvalue weighted by molar-refractivity contribution is -0.138. The van der Waals surface area contributed by atoms with Crippen molar-refractivity contribution in [1.29, 1.82) is 5.41 Å². The summed E-state index contributed by atoms with van der Waals surface area (Å²) < 4.78 is 0. The fourth-order valence-corrected chi connectivity index (χ4v) is 8.90. The normalized spacial score (nSPS) is 23.6. The first-order valence-electron chi connectivity index (χ1n) is 24.2. The van der Waals surface area contributed by atoms with E-state index in [2.05, 4.69) is 57.5 Å². The van der Waals surface area contributed by atoms with Gasteiger partial charge in [0.05, 0.1) is 12.0 Å². The highest BCUT2D eigenvalue weighted by molar-refractivity contribution is 5.98. The average Bonchev–Trinajstić information content (AvgIpc) is 4.13. The molecule has 0 bridgehead atoms. The lowest BCUT2D eigenvalue weighted by Gasteiger charge is -2.30. The fourth-order valence-electron chi connectivity index (χ4n) is 8.90. The Morgan fingerprint density at radius 3 is 2.13 bits per heavy atom. The quantitative estimate of drug-likeness (QED) is 0.0502. The topological polar surface area (TPSA) is 330 Å². The molecular formula is C49H66N14O8. The van der Waals surface area contributed by atoms with E-state index in [1.807, 2.05) is 31.2 Å². The molecule has 2 aliphatic heterocycles. The van der Waals surface area contributed by atoms with Crippen molar-refractivity contribution in [3.05, 3.63) is 90.1 Å². The van der Waals surface area contributed by atoms with Crippen molar-refractivity contribution in [3.63, 3.8) is 0 Å². The van der Waals surface area contributed by atoms with Crippen LogP contribution in [-0.2, 0) is 57.6 Å². The van der Waals surface area contributed by atoms with Gasteiger partial charge in [-0.2, -0.15) is 0 Å². The summed E-state index contributed by atoms with van der Waals surface area (Å²) in [6.45, 7) is 3.92. The average molecular weight is 979 g/mol. The van der Waals surface area contributed by atoms with Crippen molar-refractivity contribution < 1.29 is 38.4 Å². The van der Waals surface area contributed by atoms with Gasteiger partial charge < -0.3 is 63.1 Å². The number of carbonyl (C=O) groups is 8. The zero-order valence-electron chi connectivity index (χ0n) is 40.1. The number of carbonyl (C=O) groups excluding carboxylic acids is 8. The van der Waals surface area contributed by atoms with E-state index >= 15 is 0 Å². The number of nitrogens with one attached hydrogen (secondary N) is 11. The molecule has 0 saturated carbocycles. The molecule has 2 saturated heterocycles. The van der Waals surface area contributed by atoms with Crippen LogP contribution in [0.15, 0.2) is 73.3 Å². The van der Waals surface area contributed by atoms with Crippen LogP contribution < -0.4 is 48.3 Å². The first-order chi connectivity index (χ1) is 34.1. The summed E-state index contributed by atoms with van der Waals surface area (Å²) in [5.41, 5.74) is 8.09. The molecule has 6 rings (SSSR count). The molecule has 0 spiro atoms. The zero-order chi connectivity index (χ0) is 50.9. The highest BCUT2D eigenvalue weighted by Gasteiger charge is 2.36. The van der Waals surface area contributed by atoms with Gasteiger partial charge in [0.2, 0.25) is 47.3 Å². The summed E-state index contributed by atoms with van der Waals surface area (Å²) in [7, 11) is 0. The largest absolute Gasteiger partial charge is 0.370 e. The van der Waals surface area contributed by atoms with Gasteiger partial charge in [0.15, 0.2) is 5.96 Å². The fraction of sp³-hybridized carbons (Fsp3) is 0.469. The van der Waals surface area contributed by atoms with Crippen LogP contribution in [0, 0.1) is 5.41 Å². The van der Waals surface area contributed by atoms with Crippen molar-refractivity contribution in [2.24, 2.45) is 5.73 Å². The summed E-state index contributed by atoms with van der Waals surface area (Å²) in [5, 5.41) is 30.7. The molecule has 71 heavy (non-hydrogen) atoms. The van der Waals surface area contributed by atoms with Gasteiger partial charge >= 0.3 is 0 Å². The number of hydrogen-bond acceptors (Lipinski definition) is 10. The van der Waals surface area contributed by atoms with Crippen molar-refractivity contribution in [3.8, 4) is 0 Å². The maximum Gasteiger partial charge on any atom is 0.245 e. The van der Waals surface area contributed by atoms with Crippen molar-refractivity contribution in [1.82, 2.24) is 62.4 Å². The van der Waals surface area contributed by atoms with Gasteiger partial charge in [0.25, 0.3) is 0 Å². The Bertz CT molecular complexity index is 2500. The standard InChI is InChI=1S/C49H66N14O8/c1-29-11-10-22-63(29)48(71)38-17-9-20-53-42(65)19-18-37(57-30(2)64)44(67)62-41(25-33-27-52-28-56-33)47(70)60-39(23-31-12-4-3-5-13-31)45(68)58-36(16-8-21-54-49(50)51)43(66)61-40(46(69)59-38)24-32-26-55-35-15-7-6-14-34(32)35/h3-7,12-15,26-29,36-41,55H,8-11,16-25H2,1-2H3,(H,52,56)(H,53,65)(H,57,64)(H,58,68)(H,59,69)(H,60,70)(H,61,66)(H,62,67)(H4,50,51,54)/t29-,36-,37-,38-,39+,40-,41-/m0/s1. The van der Waals surface area contributed by atoms with Crippen LogP contribution >= 0.6 is 0 Å². The van der Waals surface area contributed by atoms with E-state index in [-0.39, 0.29) is 88.8 Å². The molecule has 2 aromatic carbocycles. The molecular weight excluding hydrogens is 913 g/mol. The molecule has 8 amide bonds. The number of imidazole rings is 1. The smallest absolute Gasteiger partial charge is 0.245 e. The van der Waals surface area contributed by atoms with Crippen molar-refractivity contribution in [2.75, 3.05) is 19.6 Å². The third-order valence-corrected chi connectivity index (χ3v) is 12.7. The minimum Gasteiger partial charge on any atom is -0.370 e. The number of likely N-dealkylation sites (tertiary alicyclic amines) is 1. The van der Waals surface area contributed by atoms with E-state index in [1.165, 1.54) is 19.4 Å². The molecule has 4 aromatic rings. The van der Waals surface area contributed by atoms with Gasteiger partial charge in [-0.05, 0) is 69.1 Å². The predicted molar refractivity (Wildman–Crippen MR) is 263 cm³/mol. The number of para-hydroxylation sites is 1. The summed E-state index contributed by atoms with van der Waals surface area (Å²) in [5.74, 6) is -5.32. The Labute approximate surface area is 411 Å². The molecule has 4 heterocycles. The van der Waals surface area contributed by atoms with E-state index in [1.54, 1.807) is 41.4 Å². The first-order valence-corrected chi connectivity index (χ1v) is 24.2. The number of aromatic nitrogens is 3. The van der Waals surface area contributed by atoms with E-state index in [4.69, 9.17) is 11.1 Å². The van der Waals surface area contributed by atoms with Gasteiger partial charge in [0, 0.05) is 81.6 Å². The highest BCUT2D eigenvalue weighted by Crippen LogP contribution is 2.21. The van der Waals surface area contributed by atoms with E-state index in [0.29, 0.717) is 23.4 Å². The maximum atomic E-state index is 14.7. The highest BCUT2D eigenvalue weighted by atomic mass is 16.2. The molecule has 0 radical (unpaired) electrons. The lowest BCUT2D eigenvalue weighted by atomic mass is 10.0. The summed E-state index contributed by atoms with van der Waals surface area (Å²) in [4.78, 5) is 124. The van der Waals surface area contributed by atoms with Crippen LogP contribution in [0.2, 0.25) is 0 Å². The summed E-state index contributed by atoms with van der Waals surface area (Å²) in [6.07, 6.45) is 6.32. The number of nitrogens with zero attached hydrogens (tertiary/aromatic N) is 2. The van der Waals surface area contributed by atoms with Crippen LogP contribution in [0.4, 0.5) is 0 Å². The third-order valence-electron chi connectivity index (χ3n) is 12.7. The van der Waals surface area contributed by atoms with E-state index in [9.17, 15) is 38.4 Å². The predicted octanol–water partition coefficient (Wildman–Crippen LogP) is -0.188. The van der Waals surface area contributed by atoms with Gasteiger partial charge in [-0.1, -0.05) is 48.5 Å². The molecule has 22 nitrogen and oxygen atoms in total. The van der Waals surface area contributed by atoms with Crippen molar-refractivity contribution >= 4 is 64.1 Å². The van der Waals surface area contributed by atoms with E-state index < -0.39 is 77.6 Å². The SMILES string of the molecule is CC(=O)N[C@H]1CCC(=O)NCCC[C@@H](C(=O)N2CCC[C@@H]2C)NC(=O)[C@H](Cc2c[nH]c3ccccc23)NC(=O)[C@H](CCCNC(=N)N)NC(=O)[C@@H](Cc2ccccc2)NC(=O)[C@H](Cc2c[nH]cn2)NC1=O. The van der Waals surface area contributed by atoms with Gasteiger partial charge in [-0.25, -0.2) is 4.98 Å². The van der Waals surface area contributed by atoms with Crippen molar-refractivity contribution in [2.45, 2.75) is 127 Å². The number of fused-ring (bicyclic) bond motifs is 1. The second kappa shape index (κ2) is 25.7. The van der Waals surface area contributed by atoms with Gasteiger partial charge in [-0.3, -0.25) is 43.8 Å². The number of hydrogen-bond donors (Lipinski definition) is 12. The third kappa shape index (κ3) is 15.6. The maximum absolute atomic E-state index is 14.7. The Kier molecular flexibility index (Phi) is 19.0. The first kappa shape index (κ1) is 52.6. The summed E-state index contributed by atoms with van der Waals surface area (Å²) >= 11 is 0. The Morgan fingerprint density at radius 2 is 1.44 bits per heavy atom. The molecule has 2 fully saturated rings. The van der Waals surface area contributed by atoms with E-state index in [0.717, 1.165) is 23.7 Å². The van der Waals surface area contributed by atoms with Crippen LogP contribution in [0.1, 0.15) is 82.0 Å². The monoisotopic (exact) mass is 979 g/mol. The number of nitrogens with two attached hydrogens (primary N) is 1. The lowest BCUT2D eigenvalue weighted by Crippen LogP contribution is -2.60. The molecule has 2 aliphatic rings. The molecule has 7 atom stereocenters. The minimum absolute atomic E-state index is 0.00661. The minimum atomic E-state index is -1.34. The van der Waals surface area contributed by atoms with Crippen LogP contribution in [0.3, 0.4) is 0 Å². The Balaban J connectivity index is 1.38. The Hall–Kier alpha value is -7.78. The molecule has 2 aromatic heterocycles. The van der Waals surface area contributed by atoms with Crippen LogP contribution in [0.5, 0.6) is 0 Å².